The first-order chi connectivity index (χ1) is 8.34. The Morgan fingerprint density at radius 2 is 2.06 bits per heavy atom. The maximum absolute atomic E-state index is 11.6. The molecule has 2 heteroatoms. The van der Waals surface area contributed by atoms with E-state index in [1.165, 1.54) is 12.8 Å². The van der Waals surface area contributed by atoms with Gasteiger partial charge in [0.15, 0.2) is 0 Å². The van der Waals surface area contributed by atoms with Gasteiger partial charge in [0.1, 0.15) is 0 Å². The number of nitrogens with one attached hydrogen (secondary N) is 1. The number of rotatable bonds is 6. The number of amides is 1. The van der Waals surface area contributed by atoms with E-state index in [4.69, 9.17) is 0 Å². The summed E-state index contributed by atoms with van der Waals surface area (Å²) in [5.41, 5.74) is 3.75. The molecule has 0 saturated heterocycles. The zero-order chi connectivity index (χ0) is 12.3. The predicted molar refractivity (Wildman–Crippen MR) is 71.0 cm³/mol. The minimum absolute atomic E-state index is 0.0443. The van der Waals surface area contributed by atoms with Crippen molar-refractivity contribution in [3.05, 3.63) is 53.8 Å². The highest BCUT2D eigenvalue weighted by Gasteiger charge is 2.00. The van der Waals surface area contributed by atoms with Gasteiger partial charge >= 0.3 is 0 Å². The van der Waals surface area contributed by atoms with Crippen molar-refractivity contribution < 1.29 is 4.79 Å². The summed E-state index contributed by atoms with van der Waals surface area (Å²) in [6.45, 7) is 2.69. The molecule has 2 nitrogen and oxygen atoms in total. The molecule has 0 heterocycles. The average molecular weight is 229 g/mol. The summed E-state index contributed by atoms with van der Waals surface area (Å²) in [5.74, 6) is -0.0443. The van der Waals surface area contributed by atoms with Gasteiger partial charge in [-0.25, -0.2) is 0 Å². The Hall–Kier alpha value is -1.79. The minimum atomic E-state index is -0.0443. The zero-order valence-corrected chi connectivity index (χ0v) is 10.3. The minimum Gasteiger partial charge on any atom is -0.348 e. The first kappa shape index (κ1) is 13.3. The molecule has 1 aromatic carbocycles. The fourth-order valence-electron chi connectivity index (χ4n) is 1.37. The Balaban J connectivity index is 2.27. The van der Waals surface area contributed by atoms with Crippen LogP contribution in [0.2, 0.25) is 0 Å². The molecule has 1 rings (SSSR count). The molecule has 1 aromatic rings. The number of hydrogen-bond acceptors (Lipinski definition) is 1. The Bertz CT molecular complexity index is 389. The van der Waals surface area contributed by atoms with Crippen LogP contribution in [0, 0.1) is 0 Å². The van der Waals surface area contributed by atoms with Crippen molar-refractivity contribution in [3.63, 3.8) is 0 Å². The summed E-state index contributed by atoms with van der Waals surface area (Å²) in [6, 6.07) is 9.21. The molecule has 1 N–H and O–H groups in total. The van der Waals surface area contributed by atoms with Gasteiger partial charge in [0.2, 0.25) is 0 Å². The van der Waals surface area contributed by atoms with Crippen molar-refractivity contribution in [2.75, 3.05) is 6.54 Å². The van der Waals surface area contributed by atoms with E-state index in [0.717, 1.165) is 6.42 Å². The molecular formula is C15H19NO. The predicted octanol–water partition coefficient (Wildman–Crippen LogP) is 3.32. The Morgan fingerprint density at radius 1 is 1.29 bits per heavy atom. The highest BCUT2D eigenvalue weighted by molar-refractivity contribution is 5.94. The molecule has 0 aromatic heterocycles. The van der Waals surface area contributed by atoms with Crippen LogP contribution in [0.25, 0.3) is 0 Å². The second kappa shape index (κ2) is 8.37. The number of carbonyl (C=O) groups is 1. The molecule has 0 fully saturated rings. The van der Waals surface area contributed by atoms with Crippen LogP contribution in [-0.4, -0.2) is 12.5 Å². The quantitative estimate of drug-likeness (QED) is 0.588. The van der Waals surface area contributed by atoms with Crippen molar-refractivity contribution in [2.24, 2.45) is 0 Å². The second-order valence-electron chi connectivity index (χ2n) is 3.79. The summed E-state index contributed by atoms with van der Waals surface area (Å²) in [6.07, 6.45) is 7.30. The SMILES string of the molecule is CCCCC=C=CCNC(=O)c1ccccc1. The Labute approximate surface area is 103 Å². The maximum Gasteiger partial charge on any atom is 0.251 e. The highest BCUT2D eigenvalue weighted by atomic mass is 16.1. The van der Waals surface area contributed by atoms with Crippen molar-refractivity contribution in [1.29, 1.82) is 0 Å². The molecule has 17 heavy (non-hydrogen) atoms. The largest absolute Gasteiger partial charge is 0.348 e. The van der Waals surface area contributed by atoms with Gasteiger partial charge < -0.3 is 5.32 Å². The first-order valence-electron chi connectivity index (χ1n) is 6.07. The van der Waals surface area contributed by atoms with Gasteiger partial charge in [0.25, 0.3) is 5.91 Å². The Morgan fingerprint density at radius 3 is 2.76 bits per heavy atom. The van der Waals surface area contributed by atoms with Crippen LogP contribution in [0.15, 0.2) is 48.2 Å². The monoisotopic (exact) mass is 229 g/mol. The van der Waals surface area contributed by atoms with Crippen LogP contribution in [0.3, 0.4) is 0 Å². The summed E-state index contributed by atoms with van der Waals surface area (Å²) in [7, 11) is 0. The smallest absolute Gasteiger partial charge is 0.251 e. The average Bonchev–Trinajstić information content (AvgIpc) is 2.38. The van der Waals surface area contributed by atoms with E-state index in [9.17, 15) is 4.79 Å². The summed E-state index contributed by atoms with van der Waals surface area (Å²) < 4.78 is 0. The molecule has 0 atom stereocenters. The molecule has 0 bridgehead atoms. The summed E-state index contributed by atoms with van der Waals surface area (Å²) in [5, 5.41) is 2.81. The van der Waals surface area contributed by atoms with Gasteiger partial charge in [-0.05, 0) is 37.1 Å². The topological polar surface area (TPSA) is 29.1 Å². The fraction of sp³-hybridized carbons (Fsp3) is 0.333. The first-order valence-corrected chi connectivity index (χ1v) is 6.07. The molecule has 0 unspecified atom stereocenters. The lowest BCUT2D eigenvalue weighted by molar-refractivity contribution is 0.0958. The summed E-state index contributed by atoms with van der Waals surface area (Å²) in [4.78, 5) is 11.6. The van der Waals surface area contributed by atoms with Crippen LogP contribution in [-0.2, 0) is 0 Å². The van der Waals surface area contributed by atoms with Gasteiger partial charge in [0, 0.05) is 12.1 Å². The number of hydrogen-bond donors (Lipinski definition) is 1. The van der Waals surface area contributed by atoms with Crippen LogP contribution >= 0.6 is 0 Å². The molecule has 0 aliphatic heterocycles. The van der Waals surface area contributed by atoms with E-state index in [-0.39, 0.29) is 5.91 Å². The van der Waals surface area contributed by atoms with Crippen molar-refractivity contribution >= 4 is 5.91 Å². The van der Waals surface area contributed by atoms with Crippen LogP contribution in [0.1, 0.15) is 36.5 Å². The third-order valence-corrected chi connectivity index (χ3v) is 2.34. The third-order valence-electron chi connectivity index (χ3n) is 2.34. The van der Waals surface area contributed by atoms with E-state index in [1.54, 1.807) is 12.1 Å². The van der Waals surface area contributed by atoms with E-state index in [1.807, 2.05) is 30.4 Å². The molecular weight excluding hydrogens is 210 g/mol. The van der Waals surface area contributed by atoms with Gasteiger partial charge in [-0.3, -0.25) is 4.79 Å². The molecule has 0 saturated carbocycles. The van der Waals surface area contributed by atoms with Gasteiger partial charge in [-0.2, -0.15) is 0 Å². The highest BCUT2D eigenvalue weighted by Crippen LogP contribution is 1.97. The van der Waals surface area contributed by atoms with Crippen LogP contribution in [0.5, 0.6) is 0 Å². The van der Waals surface area contributed by atoms with Gasteiger partial charge in [-0.1, -0.05) is 31.5 Å². The number of carbonyl (C=O) groups excluding carboxylic acids is 1. The van der Waals surface area contributed by atoms with Crippen LogP contribution < -0.4 is 5.32 Å². The lowest BCUT2D eigenvalue weighted by Gasteiger charge is -2.00. The molecule has 0 spiro atoms. The molecule has 0 aliphatic rings. The van der Waals surface area contributed by atoms with Crippen molar-refractivity contribution in [2.45, 2.75) is 26.2 Å². The van der Waals surface area contributed by atoms with E-state index in [0.29, 0.717) is 12.1 Å². The maximum atomic E-state index is 11.6. The van der Waals surface area contributed by atoms with Crippen molar-refractivity contribution in [1.82, 2.24) is 5.32 Å². The molecule has 1 amide bonds. The zero-order valence-electron chi connectivity index (χ0n) is 10.3. The fourth-order valence-corrected chi connectivity index (χ4v) is 1.37. The van der Waals surface area contributed by atoms with Gasteiger partial charge in [-0.15, -0.1) is 5.73 Å². The third kappa shape index (κ3) is 5.74. The number of benzene rings is 1. The second-order valence-corrected chi connectivity index (χ2v) is 3.79. The normalized spacial score (nSPS) is 9.24. The van der Waals surface area contributed by atoms with E-state index < -0.39 is 0 Å². The standard InChI is InChI=1S/C15H19NO/c1-2-3-4-5-6-10-13-16-15(17)14-11-8-7-9-12-14/h5,7-12H,2-4,13H2,1H3,(H,16,17). The Kier molecular flexibility index (Phi) is 6.54. The molecule has 90 valence electrons. The van der Waals surface area contributed by atoms with Gasteiger partial charge in [0.05, 0.1) is 0 Å². The van der Waals surface area contributed by atoms with E-state index in [2.05, 4.69) is 18.0 Å². The lowest BCUT2D eigenvalue weighted by Crippen LogP contribution is -2.22. The summed E-state index contributed by atoms with van der Waals surface area (Å²) >= 11 is 0. The van der Waals surface area contributed by atoms with E-state index >= 15 is 0 Å². The van der Waals surface area contributed by atoms with Crippen molar-refractivity contribution in [3.8, 4) is 0 Å². The molecule has 0 radical (unpaired) electrons. The number of unbranched alkanes of at least 4 members (excludes halogenated alkanes) is 2. The molecule has 0 aliphatic carbocycles. The van der Waals surface area contributed by atoms with Crippen LogP contribution in [0.4, 0.5) is 0 Å². The lowest BCUT2D eigenvalue weighted by atomic mass is 10.2.